The van der Waals surface area contributed by atoms with Crippen LogP contribution in [0.2, 0.25) is 0 Å². The van der Waals surface area contributed by atoms with Crippen LogP contribution in [0.5, 0.6) is 5.75 Å². The molecule has 0 unspecified atom stereocenters. The number of rotatable bonds is 9. The van der Waals surface area contributed by atoms with E-state index in [4.69, 9.17) is 4.74 Å². The maximum Gasteiger partial charge on any atom is 0.121 e. The number of aldehydes is 1. The second kappa shape index (κ2) is 11.4. The molecule has 0 saturated heterocycles. The number of carbonyl (C=O) groups excluding carboxylic acids is 1. The molecule has 0 radical (unpaired) electrons. The summed E-state index contributed by atoms with van der Waals surface area (Å²) in [6.45, 7) is 1.16. The van der Waals surface area contributed by atoms with E-state index in [0.717, 1.165) is 41.6 Å². The number of aromatic nitrogens is 2. The molecule has 1 aliphatic carbocycles. The average Bonchev–Trinajstić information content (AvgIpc) is 3.48. The van der Waals surface area contributed by atoms with E-state index in [1.807, 2.05) is 35.3 Å². The van der Waals surface area contributed by atoms with Gasteiger partial charge in [-0.3, -0.25) is 4.68 Å². The Morgan fingerprint density at radius 2 is 1.51 bits per heavy atom. The van der Waals surface area contributed by atoms with Crippen molar-refractivity contribution in [2.24, 2.45) is 0 Å². The van der Waals surface area contributed by atoms with Crippen LogP contribution in [0.4, 0.5) is 0 Å². The minimum Gasteiger partial charge on any atom is -0.489 e. The molecule has 192 valence electrons. The molecule has 4 nitrogen and oxygen atoms in total. The van der Waals surface area contributed by atoms with Crippen molar-refractivity contribution < 1.29 is 9.53 Å². The summed E-state index contributed by atoms with van der Waals surface area (Å²) in [5.74, 6) is 0.905. The minimum atomic E-state index is 0.467. The standard InChI is InChI=1S/C35H30N2O2/c38-21-7-20-37-24-31(23-36-37)27-12-14-29(15-13-27)35-33(28-10-5-2-6-11-28)18-16-30-22-32(17-19-34(30)35)39-25-26-8-3-1-4-9-26/h1-6,8-15,17,19,21-24H,7,16,18,20,25H2. The van der Waals surface area contributed by atoms with E-state index in [2.05, 4.69) is 90.0 Å². The third-order valence-corrected chi connectivity index (χ3v) is 7.28. The van der Waals surface area contributed by atoms with Crippen LogP contribution < -0.4 is 4.74 Å². The lowest BCUT2D eigenvalue weighted by Gasteiger charge is -2.25. The van der Waals surface area contributed by atoms with Gasteiger partial charge in [0.15, 0.2) is 0 Å². The van der Waals surface area contributed by atoms with Crippen molar-refractivity contribution in [1.82, 2.24) is 9.78 Å². The summed E-state index contributed by atoms with van der Waals surface area (Å²) in [7, 11) is 0. The maximum absolute atomic E-state index is 10.7. The lowest BCUT2D eigenvalue weighted by atomic mass is 9.79. The van der Waals surface area contributed by atoms with Gasteiger partial charge in [0.2, 0.25) is 0 Å². The van der Waals surface area contributed by atoms with Crippen LogP contribution >= 0.6 is 0 Å². The molecule has 4 heteroatoms. The Bertz CT molecular complexity index is 1600. The largest absolute Gasteiger partial charge is 0.489 e. The third kappa shape index (κ3) is 5.46. The Hall–Kier alpha value is -4.70. The molecule has 0 bridgehead atoms. The summed E-state index contributed by atoms with van der Waals surface area (Å²) in [6, 6.07) is 36.3. The summed E-state index contributed by atoms with van der Waals surface area (Å²) in [4.78, 5) is 10.7. The fourth-order valence-electron chi connectivity index (χ4n) is 5.31. The van der Waals surface area contributed by atoms with Gasteiger partial charge in [0.05, 0.1) is 6.20 Å². The van der Waals surface area contributed by atoms with Crippen molar-refractivity contribution in [2.45, 2.75) is 32.4 Å². The molecule has 0 fully saturated rings. The first-order valence-electron chi connectivity index (χ1n) is 13.4. The topological polar surface area (TPSA) is 44.1 Å². The fourth-order valence-corrected chi connectivity index (χ4v) is 5.31. The highest BCUT2D eigenvalue weighted by atomic mass is 16.5. The van der Waals surface area contributed by atoms with Crippen molar-refractivity contribution in [2.75, 3.05) is 0 Å². The number of carbonyl (C=O) groups is 1. The molecule has 4 aromatic carbocycles. The highest BCUT2D eigenvalue weighted by molar-refractivity contribution is 6.01. The second-order valence-electron chi connectivity index (χ2n) is 9.84. The van der Waals surface area contributed by atoms with Gasteiger partial charge in [-0.25, -0.2) is 0 Å². The van der Waals surface area contributed by atoms with Gasteiger partial charge in [-0.05, 0) is 69.5 Å². The van der Waals surface area contributed by atoms with E-state index in [9.17, 15) is 4.79 Å². The summed E-state index contributed by atoms with van der Waals surface area (Å²) < 4.78 is 7.98. The molecule has 0 spiro atoms. The third-order valence-electron chi connectivity index (χ3n) is 7.28. The van der Waals surface area contributed by atoms with E-state index in [0.29, 0.717) is 19.6 Å². The first-order valence-corrected chi connectivity index (χ1v) is 13.4. The van der Waals surface area contributed by atoms with E-state index >= 15 is 0 Å². The van der Waals surface area contributed by atoms with E-state index in [-0.39, 0.29) is 0 Å². The van der Waals surface area contributed by atoms with Crippen molar-refractivity contribution in [3.8, 4) is 16.9 Å². The number of ether oxygens (including phenoxy) is 1. The highest BCUT2D eigenvalue weighted by Crippen LogP contribution is 2.42. The number of aryl methyl sites for hydroxylation is 2. The Balaban J connectivity index is 1.33. The number of allylic oxidation sites excluding steroid dienone is 1. The number of benzene rings is 4. The quantitative estimate of drug-likeness (QED) is 0.192. The fraction of sp³-hybridized carbons (Fsp3) is 0.143. The van der Waals surface area contributed by atoms with Crippen LogP contribution in [0.1, 0.15) is 40.7 Å². The van der Waals surface area contributed by atoms with Crippen molar-refractivity contribution in [1.29, 1.82) is 0 Å². The number of hydrogen-bond donors (Lipinski definition) is 0. The lowest BCUT2D eigenvalue weighted by molar-refractivity contribution is -0.108. The Kier molecular flexibility index (Phi) is 7.17. The zero-order valence-corrected chi connectivity index (χ0v) is 21.8. The van der Waals surface area contributed by atoms with Gasteiger partial charge in [0.25, 0.3) is 0 Å². The number of nitrogens with zero attached hydrogens (tertiary/aromatic N) is 2. The molecule has 0 N–H and O–H groups in total. The van der Waals surface area contributed by atoms with Crippen LogP contribution in [-0.4, -0.2) is 16.1 Å². The van der Waals surface area contributed by atoms with E-state index in [1.54, 1.807) is 0 Å². The molecule has 5 aromatic rings. The average molecular weight is 511 g/mol. The summed E-state index contributed by atoms with van der Waals surface area (Å²) in [6.07, 6.45) is 7.20. The van der Waals surface area contributed by atoms with Crippen molar-refractivity contribution in [3.05, 3.63) is 143 Å². The van der Waals surface area contributed by atoms with Gasteiger partial charge in [0.1, 0.15) is 18.6 Å². The zero-order valence-electron chi connectivity index (χ0n) is 21.8. The van der Waals surface area contributed by atoms with Crippen molar-refractivity contribution in [3.63, 3.8) is 0 Å². The van der Waals surface area contributed by atoms with Gasteiger partial charge < -0.3 is 9.53 Å². The van der Waals surface area contributed by atoms with Crippen molar-refractivity contribution >= 4 is 17.4 Å². The van der Waals surface area contributed by atoms with E-state index < -0.39 is 0 Å². The molecule has 0 atom stereocenters. The molecule has 6 rings (SSSR count). The van der Waals surface area contributed by atoms with Gasteiger partial charge in [-0.2, -0.15) is 5.10 Å². The van der Waals surface area contributed by atoms with Gasteiger partial charge in [0, 0.05) is 24.7 Å². The Morgan fingerprint density at radius 1 is 0.769 bits per heavy atom. The highest BCUT2D eigenvalue weighted by Gasteiger charge is 2.22. The summed E-state index contributed by atoms with van der Waals surface area (Å²) >= 11 is 0. The zero-order chi connectivity index (χ0) is 26.4. The first-order chi connectivity index (χ1) is 19.3. The molecule has 0 amide bonds. The normalized spacial score (nSPS) is 12.7. The molecular formula is C35H30N2O2. The molecule has 1 aromatic heterocycles. The molecule has 0 aliphatic heterocycles. The number of hydrogen-bond acceptors (Lipinski definition) is 3. The minimum absolute atomic E-state index is 0.467. The molecular weight excluding hydrogens is 480 g/mol. The summed E-state index contributed by atoms with van der Waals surface area (Å²) in [5, 5.41) is 4.40. The van der Waals surface area contributed by atoms with Crippen LogP contribution in [0, 0.1) is 0 Å². The van der Waals surface area contributed by atoms with Crippen LogP contribution in [0.3, 0.4) is 0 Å². The first kappa shape index (κ1) is 24.6. The Labute approximate surface area is 229 Å². The van der Waals surface area contributed by atoms with E-state index in [1.165, 1.54) is 33.4 Å². The monoisotopic (exact) mass is 510 g/mol. The summed E-state index contributed by atoms with van der Waals surface area (Å²) in [5.41, 5.74) is 11.0. The van der Waals surface area contributed by atoms with Crippen LogP contribution in [-0.2, 0) is 24.4 Å². The Morgan fingerprint density at radius 3 is 2.28 bits per heavy atom. The molecule has 1 heterocycles. The predicted octanol–water partition coefficient (Wildman–Crippen LogP) is 7.62. The van der Waals surface area contributed by atoms with Gasteiger partial charge >= 0.3 is 0 Å². The molecule has 1 aliphatic rings. The molecule has 0 saturated carbocycles. The predicted molar refractivity (Wildman–Crippen MR) is 156 cm³/mol. The van der Waals surface area contributed by atoms with Gasteiger partial charge in [-0.1, -0.05) is 91.0 Å². The van der Waals surface area contributed by atoms with Crippen LogP contribution in [0.15, 0.2) is 116 Å². The van der Waals surface area contributed by atoms with Crippen LogP contribution in [0.25, 0.3) is 22.3 Å². The maximum atomic E-state index is 10.7. The lowest BCUT2D eigenvalue weighted by Crippen LogP contribution is -2.07. The SMILES string of the molecule is O=CCCn1cc(-c2ccc(C3=C(c4ccccc4)CCc4cc(OCc5ccccc5)ccc43)cc2)cn1. The number of fused-ring (bicyclic) bond motifs is 1. The smallest absolute Gasteiger partial charge is 0.121 e. The second-order valence-corrected chi connectivity index (χ2v) is 9.84. The molecule has 39 heavy (non-hydrogen) atoms. The van der Waals surface area contributed by atoms with Gasteiger partial charge in [-0.15, -0.1) is 0 Å².